The summed E-state index contributed by atoms with van der Waals surface area (Å²) in [5, 5.41) is 2.85. The van der Waals surface area contributed by atoms with Crippen molar-refractivity contribution in [2.45, 2.75) is 26.3 Å². The second-order valence-corrected chi connectivity index (χ2v) is 6.81. The molecule has 5 nitrogen and oxygen atoms in total. The highest BCUT2D eigenvalue weighted by Gasteiger charge is 2.21. The van der Waals surface area contributed by atoms with Gasteiger partial charge in [0.2, 0.25) is 5.91 Å². The van der Waals surface area contributed by atoms with Gasteiger partial charge < -0.3 is 10.2 Å². The molecule has 2 aromatic rings. The van der Waals surface area contributed by atoms with E-state index < -0.39 is 0 Å². The molecule has 1 aliphatic rings. The first-order valence-corrected chi connectivity index (χ1v) is 8.64. The number of ketones is 1. The maximum atomic E-state index is 12.2. The minimum Gasteiger partial charge on any atom is -0.347 e. The van der Waals surface area contributed by atoms with Gasteiger partial charge in [-0.25, -0.2) is 0 Å². The molecule has 1 aromatic heterocycles. The summed E-state index contributed by atoms with van der Waals surface area (Å²) in [6.45, 7) is 2.61. The Morgan fingerprint density at radius 1 is 1.21 bits per heavy atom. The third-order valence-electron chi connectivity index (χ3n) is 3.93. The molecule has 24 heavy (non-hydrogen) atoms. The van der Waals surface area contributed by atoms with Gasteiger partial charge in [0.1, 0.15) is 0 Å². The van der Waals surface area contributed by atoms with Crippen LogP contribution in [0.4, 0.5) is 5.69 Å². The van der Waals surface area contributed by atoms with Gasteiger partial charge in [-0.1, -0.05) is 12.1 Å². The van der Waals surface area contributed by atoms with Crippen LogP contribution in [0, 0.1) is 0 Å². The lowest BCUT2D eigenvalue weighted by Crippen LogP contribution is -2.24. The summed E-state index contributed by atoms with van der Waals surface area (Å²) in [4.78, 5) is 38.2. The molecule has 0 unspecified atom stereocenters. The number of carbonyl (C=O) groups excluding carboxylic acids is 3. The molecular weight excluding hydrogens is 324 g/mol. The number of nitrogens with one attached hydrogen (secondary N) is 1. The predicted molar refractivity (Wildman–Crippen MR) is 93.5 cm³/mol. The lowest BCUT2D eigenvalue weighted by Gasteiger charge is -2.16. The minimum absolute atomic E-state index is 0.0398. The van der Waals surface area contributed by atoms with Gasteiger partial charge in [-0.2, -0.15) is 0 Å². The number of thiophene rings is 1. The Balaban J connectivity index is 1.64. The Bertz CT molecular complexity index is 797. The number of anilines is 1. The van der Waals surface area contributed by atoms with E-state index in [4.69, 9.17) is 0 Å². The maximum absolute atomic E-state index is 12.2. The van der Waals surface area contributed by atoms with E-state index in [0.717, 1.165) is 24.2 Å². The number of carbonyl (C=O) groups is 3. The van der Waals surface area contributed by atoms with E-state index in [9.17, 15) is 14.4 Å². The van der Waals surface area contributed by atoms with Gasteiger partial charge in [0, 0.05) is 25.2 Å². The Labute approximate surface area is 144 Å². The Morgan fingerprint density at radius 3 is 2.67 bits per heavy atom. The first kappa shape index (κ1) is 16.4. The molecule has 6 heteroatoms. The average molecular weight is 342 g/mol. The molecule has 0 aliphatic carbocycles. The molecule has 1 aromatic carbocycles. The zero-order valence-corrected chi connectivity index (χ0v) is 14.2. The van der Waals surface area contributed by atoms with Crippen molar-refractivity contribution in [2.24, 2.45) is 0 Å². The number of amides is 2. The zero-order valence-electron chi connectivity index (χ0n) is 13.4. The van der Waals surface area contributed by atoms with E-state index in [1.54, 1.807) is 17.0 Å². The number of Topliss-reactive ketones (excluding diaryl/α,β-unsaturated/α-hetero) is 1. The van der Waals surface area contributed by atoms with Crippen molar-refractivity contribution >= 4 is 34.6 Å². The maximum Gasteiger partial charge on any atom is 0.261 e. The molecule has 0 atom stereocenters. The van der Waals surface area contributed by atoms with Crippen LogP contribution in [0.5, 0.6) is 0 Å². The van der Waals surface area contributed by atoms with Crippen LogP contribution >= 0.6 is 11.3 Å². The fourth-order valence-electron chi connectivity index (χ4n) is 2.67. The number of rotatable bonds is 5. The zero-order chi connectivity index (χ0) is 17.1. The van der Waals surface area contributed by atoms with Crippen LogP contribution in [0.2, 0.25) is 0 Å². The summed E-state index contributed by atoms with van der Waals surface area (Å²) in [5.74, 6) is -0.0938. The quantitative estimate of drug-likeness (QED) is 0.850. The van der Waals surface area contributed by atoms with Crippen LogP contribution in [-0.4, -0.2) is 24.1 Å². The van der Waals surface area contributed by atoms with Crippen LogP contribution in [0.3, 0.4) is 0 Å². The van der Waals surface area contributed by atoms with E-state index in [1.807, 2.05) is 24.3 Å². The van der Waals surface area contributed by atoms with Crippen molar-refractivity contribution in [3.05, 3.63) is 51.7 Å². The Morgan fingerprint density at radius 2 is 2.00 bits per heavy atom. The van der Waals surface area contributed by atoms with Gasteiger partial charge >= 0.3 is 0 Å². The second kappa shape index (κ2) is 6.97. The molecule has 2 heterocycles. The predicted octanol–water partition coefficient (Wildman–Crippen LogP) is 3.01. The summed E-state index contributed by atoms with van der Waals surface area (Å²) in [7, 11) is 0. The molecule has 1 saturated heterocycles. The Kier molecular flexibility index (Phi) is 4.76. The van der Waals surface area contributed by atoms with Crippen LogP contribution in [0.15, 0.2) is 36.4 Å². The first-order valence-electron chi connectivity index (χ1n) is 7.83. The number of nitrogens with zero attached hydrogens (tertiary/aromatic N) is 1. The van der Waals surface area contributed by atoms with Crippen LogP contribution < -0.4 is 10.2 Å². The van der Waals surface area contributed by atoms with Crippen molar-refractivity contribution in [3.63, 3.8) is 0 Å². The molecule has 1 N–H and O–H groups in total. The monoisotopic (exact) mass is 342 g/mol. The SMILES string of the molecule is CC(=O)c1ccc(C(=O)NCc2cccc(N3CCCC3=O)c2)s1. The van der Waals surface area contributed by atoms with E-state index in [0.29, 0.717) is 22.7 Å². The minimum atomic E-state index is -0.199. The lowest BCUT2D eigenvalue weighted by molar-refractivity contribution is -0.117. The van der Waals surface area contributed by atoms with Crippen molar-refractivity contribution in [2.75, 3.05) is 11.4 Å². The van der Waals surface area contributed by atoms with Gasteiger partial charge in [-0.05, 0) is 43.2 Å². The second-order valence-electron chi connectivity index (χ2n) is 5.72. The van der Waals surface area contributed by atoms with Crippen molar-refractivity contribution in [3.8, 4) is 0 Å². The van der Waals surface area contributed by atoms with Gasteiger partial charge in [-0.15, -0.1) is 11.3 Å². The third kappa shape index (κ3) is 3.54. The molecule has 124 valence electrons. The highest BCUT2D eigenvalue weighted by molar-refractivity contribution is 7.15. The topological polar surface area (TPSA) is 66.5 Å². The molecule has 0 spiro atoms. The summed E-state index contributed by atoms with van der Waals surface area (Å²) in [5.41, 5.74) is 1.81. The molecule has 1 aliphatic heterocycles. The third-order valence-corrected chi connectivity index (χ3v) is 5.11. The van der Waals surface area contributed by atoms with E-state index in [2.05, 4.69) is 5.32 Å². The molecular formula is C18H18N2O3S. The number of hydrogen-bond acceptors (Lipinski definition) is 4. The average Bonchev–Trinajstić information content (AvgIpc) is 3.22. The van der Waals surface area contributed by atoms with Gasteiger partial charge in [0.05, 0.1) is 9.75 Å². The van der Waals surface area contributed by atoms with Gasteiger partial charge in [-0.3, -0.25) is 14.4 Å². The number of benzene rings is 1. The van der Waals surface area contributed by atoms with Crippen molar-refractivity contribution in [1.82, 2.24) is 5.32 Å². The van der Waals surface area contributed by atoms with E-state index >= 15 is 0 Å². The fraction of sp³-hybridized carbons (Fsp3) is 0.278. The molecule has 3 rings (SSSR count). The summed E-state index contributed by atoms with van der Waals surface area (Å²) < 4.78 is 0. The summed E-state index contributed by atoms with van der Waals surface area (Å²) in [6.07, 6.45) is 1.48. The summed E-state index contributed by atoms with van der Waals surface area (Å²) in [6, 6.07) is 11.0. The lowest BCUT2D eigenvalue weighted by atomic mass is 10.2. The molecule has 0 bridgehead atoms. The van der Waals surface area contributed by atoms with Crippen LogP contribution in [-0.2, 0) is 11.3 Å². The van der Waals surface area contributed by atoms with E-state index in [1.165, 1.54) is 18.3 Å². The summed E-state index contributed by atoms with van der Waals surface area (Å²) >= 11 is 1.19. The van der Waals surface area contributed by atoms with Crippen LogP contribution in [0.25, 0.3) is 0 Å². The van der Waals surface area contributed by atoms with Gasteiger partial charge in [0.25, 0.3) is 5.91 Å². The first-order chi connectivity index (χ1) is 11.5. The Hall–Kier alpha value is -2.47. The fourth-order valence-corrected chi connectivity index (χ4v) is 3.49. The van der Waals surface area contributed by atoms with Crippen molar-refractivity contribution < 1.29 is 14.4 Å². The standard InChI is InChI=1S/C18H18N2O3S/c1-12(21)15-7-8-16(24-15)18(23)19-11-13-4-2-5-14(10-13)20-9-3-6-17(20)22/h2,4-5,7-8,10H,3,6,9,11H2,1H3,(H,19,23). The molecule has 2 amide bonds. The molecule has 0 saturated carbocycles. The molecule has 0 radical (unpaired) electrons. The van der Waals surface area contributed by atoms with Crippen molar-refractivity contribution in [1.29, 1.82) is 0 Å². The van der Waals surface area contributed by atoms with E-state index in [-0.39, 0.29) is 17.6 Å². The highest BCUT2D eigenvalue weighted by Crippen LogP contribution is 2.22. The smallest absolute Gasteiger partial charge is 0.261 e. The number of hydrogen-bond donors (Lipinski definition) is 1. The normalized spacial score (nSPS) is 14.0. The highest BCUT2D eigenvalue weighted by atomic mass is 32.1. The molecule has 1 fully saturated rings. The van der Waals surface area contributed by atoms with Crippen LogP contribution in [0.1, 0.15) is 44.7 Å². The largest absolute Gasteiger partial charge is 0.347 e. The van der Waals surface area contributed by atoms with Gasteiger partial charge in [0.15, 0.2) is 5.78 Å².